The van der Waals surface area contributed by atoms with Crippen molar-refractivity contribution < 1.29 is 14.2 Å². The average molecular weight is 402 g/mol. The number of thioether (sulfide) groups is 1. The molecular formula is C21H27N3O3S. The lowest BCUT2D eigenvalue weighted by atomic mass is 9.79. The molecule has 0 N–H and O–H groups in total. The van der Waals surface area contributed by atoms with Gasteiger partial charge in [0, 0.05) is 37.6 Å². The molecule has 0 bridgehead atoms. The SMILES string of the molecule is COc1cc2c(cc1OC)C1(CCN(Cc3cnc(SC)nc3)CC1)OCC2. The molecule has 1 aromatic carbocycles. The van der Waals surface area contributed by atoms with Crippen molar-refractivity contribution in [2.45, 2.75) is 36.6 Å². The number of nitrogens with zero attached hydrogens (tertiary/aromatic N) is 3. The Morgan fingerprint density at radius 1 is 1.11 bits per heavy atom. The molecule has 150 valence electrons. The number of likely N-dealkylation sites (tertiary alicyclic amines) is 1. The first-order chi connectivity index (χ1) is 13.7. The summed E-state index contributed by atoms with van der Waals surface area (Å²) in [5.74, 6) is 1.57. The fraction of sp³-hybridized carbons (Fsp3) is 0.524. The van der Waals surface area contributed by atoms with E-state index < -0.39 is 0 Å². The minimum absolute atomic E-state index is 0.219. The molecule has 2 aliphatic heterocycles. The van der Waals surface area contributed by atoms with E-state index in [2.05, 4.69) is 27.0 Å². The van der Waals surface area contributed by atoms with Crippen LogP contribution in [-0.2, 0) is 23.3 Å². The molecule has 0 amide bonds. The van der Waals surface area contributed by atoms with Crippen LogP contribution >= 0.6 is 11.8 Å². The van der Waals surface area contributed by atoms with Crippen molar-refractivity contribution in [1.82, 2.24) is 14.9 Å². The Balaban J connectivity index is 1.49. The molecule has 1 fully saturated rings. The summed E-state index contributed by atoms with van der Waals surface area (Å²) in [5.41, 5.74) is 3.52. The summed E-state index contributed by atoms with van der Waals surface area (Å²) in [6.07, 6.45) is 8.73. The number of benzene rings is 1. The maximum Gasteiger partial charge on any atom is 0.187 e. The molecule has 1 saturated heterocycles. The average Bonchev–Trinajstić information content (AvgIpc) is 2.75. The number of ether oxygens (including phenoxy) is 3. The van der Waals surface area contributed by atoms with Gasteiger partial charge < -0.3 is 14.2 Å². The molecule has 28 heavy (non-hydrogen) atoms. The van der Waals surface area contributed by atoms with Crippen LogP contribution in [0.5, 0.6) is 11.5 Å². The smallest absolute Gasteiger partial charge is 0.187 e. The van der Waals surface area contributed by atoms with E-state index in [0.717, 1.165) is 67.7 Å². The maximum absolute atomic E-state index is 6.38. The molecule has 4 rings (SSSR count). The van der Waals surface area contributed by atoms with Crippen LogP contribution in [0.25, 0.3) is 0 Å². The number of methoxy groups -OCH3 is 2. The lowest BCUT2D eigenvalue weighted by Crippen LogP contribution is -2.46. The molecule has 0 unspecified atom stereocenters. The van der Waals surface area contributed by atoms with E-state index in [1.54, 1.807) is 26.0 Å². The Hall–Kier alpha value is -1.83. The van der Waals surface area contributed by atoms with E-state index in [9.17, 15) is 0 Å². The monoisotopic (exact) mass is 401 g/mol. The van der Waals surface area contributed by atoms with E-state index in [-0.39, 0.29) is 5.60 Å². The highest BCUT2D eigenvalue weighted by Crippen LogP contribution is 2.45. The summed E-state index contributed by atoms with van der Waals surface area (Å²) >= 11 is 1.57. The molecule has 0 atom stereocenters. The predicted octanol–water partition coefficient (Wildman–Crippen LogP) is 3.28. The van der Waals surface area contributed by atoms with E-state index in [0.29, 0.717) is 0 Å². The minimum Gasteiger partial charge on any atom is -0.493 e. The normalized spacial score (nSPS) is 18.7. The zero-order valence-corrected chi connectivity index (χ0v) is 17.6. The summed E-state index contributed by atoms with van der Waals surface area (Å²) in [4.78, 5) is 11.2. The molecule has 2 aromatic rings. The fourth-order valence-corrected chi connectivity index (χ4v) is 4.58. The van der Waals surface area contributed by atoms with Crippen LogP contribution in [-0.4, -0.2) is 55.0 Å². The van der Waals surface area contributed by atoms with Crippen molar-refractivity contribution in [3.05, 3.63) is 41.2 Å². The number of rotatable bonds is 5. The van der Waals surface area contributed by atoms with Crippen LogP contribution in [0.2, 0.25) is 0 Å². The standard InChI is InChI=1S/C21H27N3O3S/c1-25-18-10-16-4-9-27-21(17(16)11-19(18)26-2)5-7-24(8-6-21)14-15-12-22-20(28-3)23-13-15/h10-13H,4-9,14H2,1-3H3. The largest absolute Gasteiger partial charge is 0.493 e. The van der Waals surface area contributed by atoms with Gasteiger partial charge >= 0.3 is 0 Å². The summed E-state index contributed by atoms with van der Waals surface area (Å²) in [6, 6.07) is 4.24. The third-order valence-electron chi connectivity index (χ3n) is 5.78. The highest BCUT2D eigenvalue weighted by Gasteiger charge is 2.41. The fourth-order valence-electron chi connectivity index (χ4n) is 4.26. The van der Waals surface area contributed by atoms with Crippen LogP contribution < -0.4 is 9.47 Å². The van der Waals surface area contributed by atoms with Crippen molar-refractivity contribution in [3.8, 4) is 11.5 Å². The number of hydrogen-bond donors (Lipinski definition) is 0. The molecule has 1 aromatic heterocycles. The second-order valence-electron chi connectivity index (χ2n) is 7.31. The van der Waals surface area contributed by atoms with Gasteiger partial charge in [-0.2, -0.15) is 0 Å². The minimum atomic E-state index is -0.219. The van der Waals surface area contributed by atoms with Gasteiger partial charge in [-0.1, -0.05) is 11.8 Å². The van der Waals surface area contributed by atoms with Crippen molar-refractivity contribution >= 4 is 11.8 Å². The first-order valence-corrected chi connectivity index (χ1v) is 10.9. The van der Waals surface area contributed by atoms with Gasteiger partial charge in [0.2, 0.25) is 0 Å². The van der Waals surface area contributed by atoms with E-state index in [4.69, 9.17) is 14.2 Å². The molecule has 6 nitrogen and oxygen atoms in total. The Kier molecular flexibility index (Phi) is 5.75. The number of hydrogen-bond acceptors (Lipinski definition) is 7. The van der Waals surface area contributed by atoms with E-state index >= 15 is 0 Å². The van der Waals surface area contributed by atoms with E-state index in [1.807, 2.05) is 18.6 Å². The zero-order valence-electron chi connectivity index (χ0n) is 16.7. The lowest BCUT2D eigenvalue weighted by Gasteiger charge is -2.45. The summed E-state index contributed by atoms with van der Waals surface area (Å²) in [6.45, 7) is 3.60. The molecule has 7 heteroatoms. The summed E-state index contributed by atoms with van der Waals surface area (Å²) in [7, 11) is 3.38. The van der Waals surface area contributed by atoms with Crippen LogP contribution in [0, 0.1) is 0 Å². The maximum atomic E-state index is 6.38. The van der Waals surface area contributed by atoms with Gasteiger partial charge in [-0.15, -0.1) is 0 Å². The number of fused-ring (bicyclic) bond motifs is 2. The third kappa shape index (κ3) is 3.71. The van der Waals surface area contributed by atoms with Gasteiger partial charge in [0.05, 0.1) is 26.4 Å². The first-order valence-electron chi connectivity index (χ1n) is 9.64. The Morgan fingerprint density at radius 2 is 1.79 bits per heavy atom. The Morgan fingerprint density at radius 3 is 2.43 bits per heavy atom. The van der Waals surface area contributed by atoms with Gasteiger partial charge in [0.1, 0.15) is 0 Å². The van der Waals surface area contributed by atoms with Gasteiger partial charge in [-0.25, -0.2) is 9.97 Å². The van der Waals surface area contributed by atoms with Crippen molar-refractivity contribution in [1.29, 1.82) is 0 Å². The second kappa shape index (κ2) is 8.27. The molecule has 2 aliphatic rings. The van der Waals surface area contributed by atoms with Gasteiger partial charge in [-0.05, 0) is 48.8 Å². The predicted molar refractivity (Wildman–Crippen MR) is 109 cm³/mol. The molecular weight excluding hydrogens is 374 g/mol. The zero-order chi connectivity index (χ0) is 19.6. The molecule has 0 aliphatic carbocycles. The summed E-state index contributed by atoms with van der Waals surface area (Å²) in [5, 5.41) is 0.818. The van der Waals surface area contributed by atoms with Crippen molar-refractivity contribution in [2.75, 3.05) is 40.2 Å². The summed E-state index contributed by atoms with van der Waals surface area (Å²) < 4.78 is 17.4. The van der Waals surface area contributed by atoms with Gasteiger partial charge in [0.15, 0.2) is 16.7 Å². The van der Waals surface area contributed by atoms with Crippen molar-refractivity contribution in [2.24, 2.45) is 0 Å². The molecule has 3 heterocycles. The van der Waals surface area contributed by atoms with Gasteiger partial charge in [0.25, 0.3) is 0 Å². The second-order valence-corrected chi connectivity index (χ2v) is 8.08. The molecule has 1 spiro atoms. The quantitative estimate of drug-likeness (QED) is 0.563. The highest BCUT2D eigenvalue weighted by molar-refractivity contribution is 7.98. The first kappa shape index (κ1) is 19.5. The topological polar surface area (TPSA) is 56.7 Å². The Labute approximate surface area is 170 Å². The van der Waals surface area contributed by atoms with Crippen LogP contribution in [0.4, 0.5) is 0 Å². The Bertz CT molecular complexity index is 820. The third-order valence-corrected chi connectivity index (χ3v) is 6.36. The molecule has 0 radical (unpaired) electrons. The highest BCUT2D eigenvalue weighted by atomic mass is 32.2. The van der Waals surface area contributed by atoms with Gasteiger partial charge in [-0.3, -0.25) is 4.90 Å². The molecule has 0 saturated carbocycles. The number of piperidine rings is 1. The van der Waals surface area contributed by atoms with E-state index in [1.165, 1.54) is 11.1 Å². The lowest BCUT2D eigenvalue weighted by molar-refractivity contribution is -0.0990. The number of aromatic nitrogens is 2. The van der Waals surface area contributed by atoms with Crippen molar-refractivity contribution in [3.63, 3.8) is 0 Å². The van der Waals surface area contributed by atoms with Crippen LogP contribution in [0.1, 0.15) is 29.5 Å². The van der Waals surface area contributed by atoms with Crippen LogP contribution in [0.3, 0.4) is 0 Å². The van der Waals surface area contributed by atoms with Crippen LogP contribution in [0.15, 0.2) is 29.7 Å².